The molecule has 9 heteroatoms. The number of rotatable bonds is 3. The van der Waals surface area contributed by atoms with Crippen molar-refractivity contribution in [3.05, 3.63) is 41.6 Å². The standard InChI is InChI=1S/C29H39N5O4/c1-29(2,3)38-28(35)34-17-22(18-34)33-10-4-5-21(16-33)20-6-7-26-24(15-20)31-27-23(19-37-26)25(8-9-30-27)32-11-13-36-14-12-32/h6-9,15,21-22H,4-5,10-14,16-19H2,1-3H3,(H,30,31). The molecule has 0 saturated carbocycles. The minimum Gasteiger partial charge on any atom is -0.487 e. The molecule has 1 unspecified atom stereocenters. The molecule has 1 amide bonds. The summed E-state index contributed by atoms with van der Waals surface area (Å²) in [7, 11) is 0. The number of hydrogen-bond acceptors (Lipinski definition) is 8. The fraction of sp³-hybridized carbons (Fsp3) is 0.586. The number of ether oxygens (including phenoxy) is 3. The highest BCUT2D eigenvalue weighted by Crippen LogP contribution is 2.40. The van der Waals surface area contributed by atoms with Gasteiger partial charge in [0.1, 0.15) is 23.8 Å². The molecule has 4 aliphatic heterocycles. The number of nitrogens with zero attached hydrogens (tertiary/aromatic N) is 4. The smallest absolute Gasteiger partial charge is 0.410 e. The van der Waals surface area contributed by atoms with Gasteiger partial charge in [0.2, 0.25) is 0 Å². The number of pyridine rings is 1. The van der Waals surface area contributed by atoms with E-state index in [0.29, 0.717) is 18.6 Å². The zero-order valence-electron chi connectivity index (χ0n) is 22.7. The summed E-state index contributed by atoms with van der Waals surface area (Å²) in [5.41, 5.74) is 4.10. The second-order valence-electron chi connectivity index (χ2n) is 11.8. The largest absolute Gasteiger partial charge is 0.487 e. The van der Waals surface area contributed by atoms with Crippen LogP contribution in [0.15, 0.2) is 30.5 Å². The average molecular weight is 522 g/mol. The van der Waals surface area contributed by atoms with E-state index in [4.69, 9.17) is 14.2 Å². The summed E-state index contributed by atoms with van der Waals surface area (Å²) in [5.74, 6) is 2.17. The maximum Gasteiger partial charge on any atom is 0.410 e. The van der Waals surface area contributed by atoms with Crippen molar-refractivity contribution in [1.29, 1.82) is 0 Å². The van der Waals surface area contributed by atoms with Crippen LogP contribution in [0.3, 0.4) is 0 Å². The van der Waals surface area contributed by atoms with Crippen LogP contribution in [0.2, 0.25) is 0 Å². The lowest BCUT2D eigenvalue weighted by atomic mass is 9.88. The van der Waals surface area contributed by atoms with Crippen molar-refractivity contribution in [2.24, 2.45) is 0 Å². The summed E-state index contributed by atoms with van der Waals surface area (Å²) < 4.78 is 17.4. The number of amides is 1. The lowest BCUT2D eigenvalue weighted by Crippen LogP contribution is -2.62. The third kappa shape index (κ3) is 5.27. The van der Waals surface area contributed by atoms with Crippen LogP contribution < -0.4 is 15.0 Å². The molecule has 3 fully saturated rings. The molecular weight excluding hydrogens is 482 g/mol. The van der Waals surface area contributed by atoms with Crippen LogP contribution in [0.1, 0.15) is 50.7 Å². The van der Waals surface area contributed by atoms with Gasteiger partial charge in [-0.3, -0.25) is 4.90 Å². The van der Waals surface area contributed by atoms with E-state index in [-0.39, 0.29) is 6.09 Å². The van der Waals surface area contributed by atoms with E-state index in [0.717, 1.165) is 88.1 Å². The molecule has 1 N–H and O–H groups in total. The van der Waals surface area contributed by atoms with Gasteiger partial charge >= 0.3 is 6.09 Å². The van der Waals surface area contributed by atoms with Gasteiger partial charge < -0.3 is 29.3 Å². The van der Waals surface area contributed by atoms with E-state index in [9.17, 15) is 4.79 Å². The minimum absolute atomic E-state index is 0.204. The molecule has 1 aromatic carbocycles. The molecule has 1 aromatic heterocycles. The number of fused-ring (bicyclic) bond motifs is 2. The highest BCUT2D eigenvalue weighted by Gasteiger charge is 2.39. The monoisotopic (exact) mass is 521 g/mol. The van der Waals surface area contributed by atoms with Crippen molar-refractivity contribution in [3.8, 4) is 5.75 Å². The molecule has 2 aromatic rings. The van der Waals surface area contributed by atoms with Crippen molar-refractivity contribution in [2.45, 2.75) is 57.8 Å². The van der Waals surface area contributed by atoms with Gasteiger partial charge in [0.25, 0.3) is 0 Å². The second-order valence-corrected chi connectivity index (χ2v) is 11.8. The third-order valence-electron chi connectivity index (χ3n) is 7.97. The number of nitrogens with one attached hydrogen (secondary N) is 1. The Kier molecular flexibility index (Phi) is 6.82. The van der Waals surface area contributed by atoms with Crippen LogP contribution in [-0.2, 0) is 16.1 Å². The predicted octanol–water partition coefficient (Wildman–Crippen LogP) is 4.35. The van der Waals surface area contributed by atoms with Crippen LogP contribution in [0, 0.1) is 0 Å². The van der Waals surface area contributed by atoms with Gasteiger partial charge in [-0.15, -0.1) is 0 Å². The summed E-state index contributed by atoms with van der Waals surface area (Å²) in [5, 5.41) is 3.59. The summed E-state index contributed by atoms with van der Waals surface area (Å²) in [4.78, 5) is 23.8. The molecule has 9 nitrogen and oxygen atoms in total. The molecule has 6 rings (SSSR count). The van der Waals surface area contributed by atoms with Crippen LogP contribution in [-0.4, -0.2) is 85.0 Å². The molecule has 204 valence electrons. The number of piperidine rings is 1. The Morgan fingerprint density at radius 3 is 2.71 bits per heavy atom. The van der Waals surface area contributed by atoms with Crippen LogP contribution in [0.5, 0.6) is 5.75 Å². The van der Waals surface area contributed by atoms with Crippen molar-refractivity contribution in [2.75, 3.05) is 62.7 Å². The van der Waals surface area contributed by atoms with E-state index in [1.54, 1.807) is 0 Å². The zero-order chi connectivity index (χ0) is 26.3. The second kappa shape index (κ2) is 10.3. The normalized spacial score (nSPS) is 22.3. The van der Waals surface area contributed by atoms with Gasteiger partial charge in [-0.05, 0) is 69.8 Å². The first-order valence-electron chi connectivity index (χ1n) is 13.9. The molecular formula is C29H39N5O4. The lowest BCUT2D eigenvalue weighted by molar-refractivity contribution is -0.0202. The third-order valence-corrected chi connectivity index (χ3v) is 7.97. The first-order chi connectivity index (χ1) is 18.3. The number of carbonyl (C=O) groups excluding carboxylic acids is 1. The fourth-order valence-electron chi connectivity index (χ4n) is 5.91. The van der Waals surface area contributed by atoms with Gasteiger partial charge in [-0.25, -0.2) is 9.78 Å². The minimum atomic E-state index is -0.457. The summed E-state index contributed by atoms with van der Waals surface area (Å²) in [6.45, 7) is 13.0. The quantitative estimate of drug-likeness (QED) is 0.639. The first-order valence-corrected chi connectivity index (χ1v) is 13.9. The Bertz CT molecular complexity index is 1170. The van der Waals surface area contributed by atoms with Gasteiger partial charge in [0, 0.05) is 50.6 Å². The topological polar surface area (TPSA) is 79.4 Å². The molecule has 5 heterocycles. The van der Waals surface area contributed by atoms with Crippen LogP contribution in [0.25, 0.3) is 0 Å². The van der Waals surface area contributed by atoms with Crippen molar-refractivity contribution in [3.63, 3.8) is 0 Å². The molecule has 4 aliphatic rings. The maximum atomic E-state index is 12.4. The van der Waals surface area contributed by atoms with Gasteiger partial charge in [-0.1, -0.05) is 6.07 Å². The van der Waals surface area contributed by atoms with Crippen molar-refractivity contribution < 1.29 is 19.0 Å². The van der Waals surface area contributed by atoms with E-state index >= 15 is 0 Å². The maximum absolute atomic E-state index is 12.4. The summed E-state index contributed by atoms with van der Waals surface area (Å²) >= 11 is 0. The van der Waals surface area contributed by atoms with Crippen LogP contribution >= 0.6 is 0 Å². The molecule has 1 atom stereocenters. The highest BCUT2D eigenvalue weighted by molar-refractivity contribution is 5.73. The van der Waals surface area contributed by atoms with E-state index in [2.05, 4.69) is 44.4 Å². The number of aromatic nitrogens is 1. The number of likely N-dealkylation sites (tertiary alicyclic amines) is 2. The molecule has 0 spiro atoms. The Labute approximate surface area is 225 Å². The number of carbonyl (C=O) groups is 1. The zero-order valence-corrected chi connectivity index (χ0v) is 22.7. The Hall–Kier alpha value is -3.04. The Balaban J connectivity index is 1.13. The molecule has 3 saturated heterocycles. The SMILES string of the molecule is CC(C)(C)OC(=O)N1CC(N2CCCC(c3ccc4c(c3)Nc3nccc(N5CCOCC5)c3CO4)C2)C1. The average Bonchev–Trinajstić information content (AvgIpc) is 3.06. The number of morpholine rings is 1. The lowest BCUT2D eigenvalue weighted by Gasteiger charge is -2.48. The van der Waals surface area contributed by atoms with Crippen molar-refractivity contribution in [1.82, 2.24) is 14.8 Å². The highest BCUT2D eigenvalue weighted by atomic mass is 16.6. The Morgan fingerprint density at radius 2 is 1.92 bits per heavy atom. The molecule has 0 bridgehead atoms. The van der Waals surface area contributed by atoms with Crippen molar-refractivity contribution >= 4 is 23.3 Å². The first kappa shape index (κ1) is 25.2. The van der Waals surface area contributed by atoms with Gasteiger partial charge in [0.15, 0.2) is 0 Å². The molecule has 38 heavy (non-hydrogen) atoms. The number of anilines is 3. The fourth-order valence-corrected chi connectivity index (χ4v) is 5.91. The van der Waals surface area contributed by atoms with E-state index in [1.807, 2.05) is 31.9 Å². The van der Waals surface area contributed by atoms with E-state index < -0.39 is 5.60 Å². The van der Waals surface area contributed by atoms with Gasteiger partial charge in [-0.2, -0.15) is 0 Å². The van der Waals surface area contributed by atoms with Gasteiger partial charge in [0.05, 0.1) is 24.5 Å². The van der Waals surface area contributed by atoms with Crippen LogP contribution in [0.4, 0.5) is 22.0 Å². The predicted molar refractivity (Wildman–Crippen MR) is 146 cm³/mol. The number of hydrogen-bond donors (Lipinski definition) is 1. The summed E-state index contributed by atoms with van der Waals surface area (Å²) in [6, 6.07) is 9.05. The molecule has 0 aliphatic carbocycles. The van der Waals surface area contributed by atoms with E-state index in [1.165, 1.54) is 11.3 Å². The number of benzene rings is 1. The molecule has 0 radical (unpaired) electrons. The summed E-state index contributed by atoms with van der Waals surface area (Å²) in [6.07, 6.45) is 3.99. The Morgan fingerprint density at radius 1 is 1.11 bits per heavy atom.